The third kappa shape index (κ3) is 10.4. The smallest absolute Gasteiger partial charge is 0.0219 e. The lowest BCUT2D eigenvalue weighted by Crippen LogP contribution is -1.90. The topological polar surface area (TPSA) is 0 Å². The quantitative estimate of drug-likeness (QED) is 0.477. The maximum atomic E-state index is 2.27. The third-order valence-corrected chi connectivity index (χ3v) is 4.74. The molecule has 0 bridgehead atoms. The highest BCUT2D eigenvalue weighted by Gasteiger charge is 2.01. The van der Waals surface area contributed by atoms with Crippen molar-refractivity contribution in [3.05, 3.63) is 70.8 Å². The van der Waals surface area contributed by atoms with E-state index in [4.69, 9.17) is 0 Å². The first-order valence-electron chi connectivity index (χ1n) is 11.0. The van der Waals surface area contributed by atoms with E-state index in [0.717, 1.165) is 0 Å². The van der Waals surface area contributed by atoms with Gasteiger partial charge in [-0.2, -0.15) is 0 Å². The van der Waals surface area contributed by atoms with Crippen LogP contribution in [0, 0.1) is 0 Å². The summed E-state index contributed by atoms with van der Waals surface area (Å²) in [5.74, 6) is 1.94. The summed E-state index contributed by atoms with van der Waals surface area (Å²) in [5, 5.41) is 0. The zero-order valence-electron chi connectivity index (χ0n) is 19.5. The SMILES string of the molecule is CC.CC(C)c1ccc(C(C)C)cc1.CCCCc1ccc(C(C)C)cc1. The number of hydrogen-bond donors (Lipinski definition) is 0. The normalized spacial score (nSPS) is 10.4. The average molecular weight is 369 g/mol. The van der Waals surface area contributed by atoms with E-state index in [-0.39, 0.29) is 0 Å². The van der Waals surface area contributed by atoms with Gasteiger partial charge in [-0.3, -0.25) is 0 Å². The molecule has 152 valence electrons. The summed E-state index contributed by atoms with van der Waals surface area (Å²) >= 11 is 0. The predicted octanol–water partition coefficient (Wildman–Crippen LogP) is 9.11. The molecule has 0 heterocycles. The first-order chi connectivity index (χ1) is 12.8. The van der Waals surface area contributed by atoms with Gasteiger partial charge < -0.3 is 0 Å². The number of hydrogen-bond acceptors (Lipinski definition) is 0. The Labute approximate surface area is 170 Å². The number of benzene rings is 2. The fraction of sp³-hybridized carbons (Fsp3) is 0.556. The molecule has 0 nitrogen and oxygen atoms in total. The molecule has 0 N–H and O–H groups in total. The van der Waals surface area contributed by atoms with Gasteiger partial charge in [0.15, 0.2) is 0 Å². The predicted molar refractivity (Wildman–Crippen MR) is 125 cm³/mol. The van der Waals surface area contributed by atoms with Gasteiger partial charge in [-0.25, -0.2) is 0 Å². The fourth-order valence-electron chi connectivity index (χ4n) is 2.72. The standard InChI is InChI=1S/C13H20.C12H18.C2H6/c1-4-5-6-12-7-9-13(10-8-12)11(2)3;1-9(2)11-5-7-12(8-6-11)10(3)4;1-2/h7-11H,4-6H2,1-3H3;5-10H,1-4H3;1-2H3. The zero-order valence-corrected chi connectivity index (χ0v) is 19.5. The molecule has 0 heteroatoms. The number of aryl methyl sites for hydroxylation is 1. The van der Waals surface area contributed by atoms with Crippen LogP contribution in [0.4, 0.5) is 0 Å². The van der Waals surface area contributed by atoms with Crippen LogP contribution in [-0.4, -0.2) is 0 Å². The van der Waals surface area contributed by atoms with Crippen LogP contribution in [0.2, 0.25) is 0 Å². The van der Waals surface area contributed by atoms with E-state index in [2.05, 4.69) is 97.0 Å². The molecule has 0 unspecified atom stereocenters. The Morgan fingerprint density at radius 2 is 0.852 bits per heavy atom. The molecule has 0 aliphatic heterocycles. The Hall–Kier alpha value is -1.56. The Morgan fingerprint density at radius 3 is 1.11 bits per heavy atom. The van der Waals surface area contributed by atoms with Gasteiger partial charge in [-0.15, -0.1) is 0 Å². The van der Waals surface area contributed by atoms with Crippen LogP contribution in [0.5, 0.6) is 0 Å². The van der Waals surface area contributed by atoms with E-state index in [1.807, 2.05) is 13.8 Å². The van der Waals surface area contributed by atoms with Crippen molar-refractivity contribution in [1.82, 2.24) is 0 Å². The van der Waals surface area contributed by atoms with Crippen LogP contribution >= 0.6 is 0 Å². The van der Waals surface area contributed by atoms with E-state index in [0.29, 0.717) is 17.8 Å². The van der Waals surface area contributed by atoms with Crippen LogP contribution in [0.15, 0.2) is 48.5 Å². The highest BCUT2D eigenvalue weighted by Crippen LogP contribution is 2.19. The molecule has 0 radical (unpaired) electrons. The summed E-state index contributed by atoms with van der Waals surface area (Å²) in [6.07, 6.45) is 3.82. The van der Waals surface area contributed by atoms with Gasteiger partial charge in [-0.1, -0.05) is 117 Å². The van der Waals surface area contributed by atoms with Crippen LogP contribution in [0.1, 0.15) is 115 Å². The molecule has 2 rings (SSSR count). The highest BCUT2D eigenvalue weighted by molar-refractivity contribution is 5.26. The van der Waals surface area contributed by atoms with E-state index in [1.54, 1.807) is 0 Å². The van der Waals surface area contributed by atoms with Gasteiger partial charge in [0, 0.05) is 0 Å². The first kappa shape index (κ1) is 25.4. The molecule has 0 amide bonds. The molecule has 2 aromatic carbocycles. The van der Waals surface area contributed by atoms with Crippen LogP contribution in [0.25, 0.3) is 0 Å². The third-order valence-electron chi connectivity index (χ3n) is 4.74. The number of unbranched alkanes of at least 4 members (excludes halogenated alkanes) is 1. The molecule has 0 atom stereocenters. The second-order valence-electron chi connectivity index (χ2n) is 7.98. The minimum atomic E-state index is 0.645. The molecule has 27 heavy (non-hydrogen) atoms. The van der Waals surface area contributed by atoms with Gasteiger partial charge in [0.05, 0.1) is 0 Å². The summed E-state index contributed by atoms with van der Waals surface area (Å²) in [6, 6.07) is 18.0. The second kappa shape index (κ2) is 14.5. The van der Waals surface area contributed by atoms with Crippen molar-refractivity contribution in [2.45, 2.75) is 99.3 Å². The van der Waals surface area contributed by atoms with E-state index in [9.17, 15) is 0 Å². The molecule has 0 aromatic heterocycles. The maximum absolute atomic E-state index is 2.27. The van der Waals surface area contributed by atoms with E-state index in [1.165, 1.54) is 41.5 Å². The van der Waals surface area contributed by atoms with E-state index < -0.39 is 0 Å². The second-order valence-corrected chi connectivity index (χ2v) is 7.98. The van der Waals surface area contributed by atoms with Crippen molar-refractivity contribution in [3.63, 3.8) is 0 Å². The summed E-state index contributed by atoms with van der Waals surface area (Å²) in [5.41, 5.74) is 5.78. The van der Waals surface area contributed by atoms with Crippen molar-refractivity contribution in [1.29, 1.82) is 0 Å². The zero-order chi connectivity index (χ0) is 20.8. The lowest BCUT2D eigenvalue weighted by Gasteiger charge is -2.08. The molecular weight excluding hydrogens is 324 g/mol. The van der Waals surface area contributed by atoms with Crippen molar-refractivity contribution >= 4 is 0 Å². The first-order valence-corrected chi connectivity index (χ1v) is 11.0. The highest BCUT2D eigenvalue weighted by atomic mass is 14.1. The Balaban J connectivity index is 0.000000460. The largest absolute Gasteiger partial charge is 0.0683 e. The van der Waals surface area contributed by atoms with Gasteiger partial charge in [-0.05, 0) is 52.8 Å². The summed E-state index contributed by atoms with van der Waals surface area (Å²) in [6.45, 7) is 19.6. The molecule has 0 spiro atoms. The van der Waals surface area contributed by atoms with Crippen LogP contribution < -0.4 is 0 Å². The van der Waals surface area contributed by atoms with E-state index >= 15 is 0 Å². The van der Waals surface area contributed by atoms with Crippen molar-refractivity contribution in [2.75, 3.05) is 0 Å². The molecule has 0 aliphatic rings. The van der Waals surface area contributed by atoms with Gasteiger partial charge in [0.2, 0.25) is 0 Å². The summed E-state index contributed by atoms with van der Waals surface area (Å²) in [7, 11) is 0. The minimum absolute atomic E-state index is 0.645. The monoisotopic (exact) mass is 368 g/mol. The fourth-order valence-corrected chi connectivity index (χ4v) is 2.72. The Kier molecular flexibility index (Phi) is 13.7. The van der Waals surface area contributed by atoms with Gasteiger partial charge >= 0.3 is 0 Å². The summed E-state index contributed by atoms with van der Waals surface area (Å²) in [4.78, 5) is 0. The molecule has 0 aliphatic carbocycles. The Morgan fingerprint density at radius 1 is 0.556 bits per heavy atom. The molecular formula is C27H44. The van der Waals surface area contributed by atoms with Crippen molar-refractivity contribution in [2.24, 2.45) is 0 Å². The lowest BCUT2D eigenvalue weighted by molar-refractivity contribution is 0.793. The minimum Gasteiger partial charge on any atom is -0.0683 e. The lowest BCUT2D eigenvalue weighted by atomic mass is 9.97. The van der Waals surface area contributed by atoms with Crippen LogP contribution in [0.3, 0.4) is 0 Å². The average Bonchev–Trinajstić information content (AvgIpc) is 2.68. The van der Waals surface area contributed by atoms with Crippen LogP contribution in [-0.2, 0) is 6.42 Å². The summed E-state index contributed by atoms with van der Waals surface area (Å²) < 4.78 is 0. The molecule has 0 saturated carbocycles. The Bertz CT molecular complexity index is 543. The van der Waals surface area contributed by atoms with Crippen molar-refractivity contribution < 1.29 is 0 Å². The van der Waals surface area contributed by atoms with Gasteiger partial charge in [0.25, 0.3) is 0 Å². The maximum Gasteiger partial charge on any atom is -0.0219 e. The van der Waals surface area contributed by atoms with Gasteiger partial charge in [0.1, 0.15) is 0 Å². The number of rotatable bonds is 6. The van der Waals surface area contributed by atoms with Crippen molar-refractivity contribution in [3.8, 4) is 0 Å². The molecule has 0 saturated heterocycles. The molecule has 0 fully saturated rings. The molecule has 2 aromatic rings.